The highest BCUT2D eigenvalue weighted by Gasteiger charge is 2.25. The third-order valence-corrected chi connectivity index (χ3v) is 4.69. The predicted molar refractivity (Wildman–Crippen MR) is 90.5 cm³/mol. The summed E-state index contributed by atoms with van der Waals surface area (Å²) in [5.41, 5.74) is 4.05. The minimum atomic E-state index is -0.223. The number of hydrogen-bond acceptors (Lipinski definition) is 3. The first-order chi connectivity index (χ1) is 10.5. The highest BCUT2D eigenvalue weighted by Crippen LogP contribution is 2.45. The van der Waals surface area contributed by atoms with Gasteiger partial charge in [0.1, 0.15) is 0 Å². The minimum Gasteiger partial charge on any atom is -0.504 e. The van der Waals surface area contributed by atoms with Crippen LogP contribution < -0.4 is 4.90 Å². The summed E-state index contributed by atoms with van der Waals surface area (Å²) in [6, 6.07) is 9.90. The minimum absolute atomic E-state index is 0.170. The fourth-order valence-corrected chi connectivity index (χ4v) is 3.35. The number of anilines is 2. The van der Waals surface area contributed by atoms with Gasteiger partial charge in [-0.25, -0.2) is 0 Å². The Morgan fingerprint density at radius 1 is 1.23 bits per heavy atom. The Balaban J connectivity index is 2.19. The molecule has 1 heterocycles. The van der Waals surface area contributed by atoms with E-state index >= 15 is 0 Å². The zero-order valence-corrected chi connectivity index (χ0v) is 13.6. The smallest absolute Gasteiger partial charge is 0.176 e. The fourth-order valence-electron chi connectivity index (χ4n) is 3.06. The molecule has 3 nitrogen and oxygen atoms in total. The molecule has 0 spiro atoms. The van der Waals surface area contributed by atoms with Crippen molar-refractivity contribution in [3.8, 4) is 11.5 Å². The van der Waals surface area contributed by atoms with E-state index in [2.05, 4.69) is 36.9 Å². The largest absolute Gasteiger partial charge is 0.504 e. The van der Waals surface area contributed by atoms with E-state index in [9.17, 15) is 10.2 Å². The summed E-state index contributed by atoms with van der Waals surface area (Å²) in [6.45, 7) is 5.13. The summed E-state index contributed by atoms with van der Waals surface area (Å²) in [6.07, 6.45) is 1.80. The van der Waals surface area contributed by atoms with E-state index in [0.29, 0.717) is 5.92 Å². The molecule has 0 aromatic heterocycles. The number of aryl methyl sites for hydroxylation is 1. The second-order valence-electron chi connectivity index (χ2n) is 6.15. The van der Waals surface area contributed by atoms with Crippen LogP contribution in [0.1, 0.15) is 24.5 Å². The van der Waals surface area contributed by atoms with Gasteiger partial charge in [0, 0.05) is 24.0 Å². The van der Waals surface area contributed by atoms with Crippen molar-refractivity contribution in [3.05, 3.63) is 46.5 Å². The quantitative estimate of drug-likeness (QED) is 0.744. The van der Waals surface area contributed by atoms with Gasteiger partial charge >= 0.3 is 0 Å². The van der Waals surface area contributed by atoms with Gasteiger partial charge in [-0.05, 0) is 48.9 Å². The normalized spacial score (nSPS) is 18.0. The molecular formula is C18H20ClNO2. The number of phenolic OH excluding ortho intramolecular Hbond substituents is 2. The van der Waals surface area contributed by atoms with E-state index in [1.54, 1.807) is 6.07 Å². The van der Waals surface area contributed by atoms with Crippen LogP contribution in [0, 0.1) is 12.8 Å². The molecule has 0 amide bonds. The number of aromatic hydroxyl groups is 2. The monoisotopic (exact) mass is 317 g/mol. The highest BCUT2D eigenvalue weighted by molar-refractivity contribution is 6.33. The van der Waals surface area contributed by atoms with Crippen molar-refractivity contribution in [1.29, 1.82) is 0 Å². The third-order valence-electron chi connectivity index (χ3n) is 4.28. The van der Waals surface area contributed by atoms with Crippen molar-refractivity contribution in [2.75, 3.05) is 11.4 Å². The van der Waals surface area contributed by atoms with Gasteiger partial charge < -0.3 is 15.1 Å². The van der Waals surface area contributed by atoms with Crippen LogP contribution in [-0.4, -0.2) is 16.8 Å². The molecule has 3 rings (SSSR count). The number of phenols is 2. The van der Waals surface area contributed by atoms with Crippen molar-refractivity contribution >= 4 is 23.0 Å². The van der Waals surface area contributed by atoms with Crippen LogP contribution in [-0.2, 0) is 6.42 Å². The molecule has 1 unspecified atom stereocenters. The van der Waals surface area contributed by atoms with Crippen LogP contribution >= 0.6 is 11.6 Å². The van der Waals surface area contributed by atoms with Gasteiger partial charge in [-0.2, -0.15) is 0 Å². The molecule has 2 N–H and O–H groups in total. The number of rotatable bonds is 1. The van der Waals surface area contributed by atoms with Crippen LogP contribution in [0.3, 0.4) is 0 Å². The number of hydrogen-bond donors (Lipinski definition) is 2. The van der Waals surface area contributed by atoms with Crippen LogP contribution in [0.15, 0.2) is 30.3 Å². The fraction of sp³-hybridized carbons (Fsp3) is 0.333. The lowest BCUT2D eigenvalue weighted by atomic mass is 10.0. The molecule has 2 aromatic carbocycles. The molecule has 0 saturated heterocycles. The average molecular weight is 318 g/mol. The molecular weight excluding hydrogens is 298 g/mol. The first kappa shape index (κ1) is 15.0. The standard InChI is InChI=1S/C18H20ClNO2/c1-11-4-3-5-13(8-11)20-10-12(2)6-7-14-15(20)9-16(21)18(22)17(14)19/h3-5,8-9,12,21-22H,6-7,10H2,1-2H3. The highest BCUT2D eigenvalue weighted by atomic mass is 35.5. The van der Waals surface area contributed by atoms with Crippen LogP contribution in [0.2, 0.25) is 5.02 Å². The summed E-state index contributed by atoms with van der Waals surface area (Å²) >= 11 is 6.28. The third kappa shape index (κ3) is 2.61. The molecule has 0 bridgehead atoms. The van der Waals surface area contributed by atoms with Gasteiger partial charge in [0.2, 0.25) is 0 Å². The van der Waals surface area contributed by atoms with Gasteiger partial charge in [-0.3, -0.25) is 0 Å². The van der Waals surface area contributed by atoms with Crippen LogP contribution in [0.25, 0.3) is 0 Å². The zero-order valence-electron chi connectivity index (χ0n) is 12.8. The van der Waals surface area contributed by atoms with Crippen molar-refractivity contribution < 1.29 is 10.2 Å². The Morgan fingerprint density at radius 3 is 2.73 bits per heavy atom. The SMILES string of the molecule is Cc1cccc(N2CC(C)CCc3c2cc(O)c(O)c3Cl)c1. The summed E-state index contributed by atoms with van der Waals surface area (Å²) < 4.78 is 0. The van der Waals surface area contributed by atoms with Crippen molar-refractivity contribution in [2.24, 2.45) is 5.92 Å². The average Bonchev–Trinajstić information content (AvgIpc) is 2.65. The maximum Gasteiger partial charge on any atom is 0.176 e. The number of fused-ring (bicyclic) bond motifs is 1. The summed E-state index contributed by atoms with van der Waals surface area (Å²) in [4.78, 5) is 2.19. The maximum absolute atomic E-state index is 9.97. The van der Waals surface area contributed by atoms with Crippen LogP contribution in [0.5, 0.6) is 11.5 Å². The first-order valence-corrected chi connectivity index (χ1v) is 7.92. The molecule has 22 heavy (non-hydrogen) atoms. The van der Waals surface area contributed by atoms with E-state index in [-0.39, 0.29) is 16.5 Å². The van der Waals surface area contributed by atoms with Crippen molar-refractivity contribution in [1.82, 2.24) is 0 Å². The lowest BCUT2D eigenvalue weighted by molar-refractivity contribution is 0.403. The summed E-state index contributed by atoms with van der Waals surface area (Å²) in [5.74, 6) is 0.100. The van der Waals surface area contributed by atoms with E-state index in [1.807, 2.05) is 6.07 Å². The molecule has 1 aliphatic heterocycles. The lowest BCUT2D eigenvalue weighted by Gasteiger charge is -2.28. The number of benzene rings is 2. The van der Waals surface area contributed by atoms with Gasteiger partial charge in [0.25, 0.3) is 0 Å². The molecule has 0 fully saturated rings. The Labute approximate surface area is 135 Å². The van der Waals surface area contributed by atoms with Gasteiger partial charge in [-0.15, -0.1) is 0 Å². The molecule has 0 radical (unpaired) electrons. The maximum atomic E-state index is 9.97. The zero-order chi connectivity index (χ0) is 15.9. The Bertz CT molecular complexity index is 714. The topological polar surface area (TPSA) is 43.7 Å². The number of nitrogens with zero attached hydrogens (tertiary/aromatic N) is 1. The molecule has 1 aliphatic rings. The van der Waals surface area contributed by atoms with Crippen molar-refractivity contribution in [2.45, 2.75) is 26.7 Å². The lowest BCUT2D eigenvalue weighted by Crippen LogP contribution is -2.22. The van der Waals surface area contributed by atoms with Crippen LogP contribution in [0.4, 0.5) is 11.4 Å². The Morgan fingerprint density at radius 2 is 2.00 bits per heavy atom. The molecule has 2 aromatic rings. The van der Waals surface area contributed by atoms with Gasteiger partial charge in [0.15, 0.2) is 11.5 Å². The second kappa shape index (κ2) is 5.73. The molecule has 0 aliphatic carbocycles. The molecule has 0 saturated carbocycles. The Kier molecular flexibility index (Phi) is 3.92. The van der Waals surface area contributed by atoms with E-state index in [1.165, 1.54) is 5.56 Å². The number of halogens is 1. The molecule has 116 valence electrons. The predicted octanol–water partition coefficient (Wildman–Crippen LogP) is 4.78. The van der Waals surface area contributed by atoms with Crippen molar-refractivity contribution in [3.63, 3.8) is 0 Å². The summed E-state index contributed by atoms with van der Waals surface area (Å²) in [5, 5.41) is 20.2. The second-order valence-corrected chi connectivity index (χ2v) is 6.53. The Hall–Kier alpha value is -1.87. The van der Waals surface area contributed by atoms with E-state index in [4.69, 9.17) is 11.6 Å². The van der Waals surface area contributed by atoms with Gasteiger partial charge in [0.05, 0.1) is 5.02 Å². The van der Waals surface area contributed by atoms with Gasteiger partial charge in [-0.1, -0.05) is 30.7 Å². The van der Waals surface area contributed by atoms with E-state index in [0.717, 1.165) is 36.3 Å². The summed E-state index contributed by atoms with van der Waals surface area (Å²) in [7, 11) is 0. The molecule has 1 atom stereocenters. The van der Waals surface area contributed by atoms with E-state index < -0.39 is 0 Å². The molecule has 4 heteroatoms. The first-order valence-electron chi connectivity index (χ1n) is 7.55.